The summed E-state index contributed by atoms with van der Waals surface area (Å²) in [6.45, 7) is 6.55. The predicted molar refractivity (Wildman–Crippen MR) is 62.9 cm³/mol. The second kappa shape index (κ2) is 4.42. The average Bonchev–Trinajstić information content (AvgIpc) is 3.00. The van der Waals surface area contributed by atoms with E-state index in [1.807, 2.05) is 0 Å². The van der Waals surface area contributed by atoms with E-state index in [2.05, 4.69) is 18.7 Å². The van der Waals surface area contributed by atoms with Gasteiger partial charge in [0, 0.05) is 19.1 Å². The Morgan fingerprint density at radius 2 is 2.00 bits per heavy atom. The topological polar surface area (TPSA) is 23.5 Å². The van der Waals surface area contributed by atoms with Crippen molar-refractivity contribution < 1.29 is 5.11 Å². The van der Waals surface area contributed by atoms with Crippen LogP contribution in [0.25, 0.3) is 0 Å². The number of β-amino-alcohol motifs (C(OH)–C–C–N with tert-alkyl or cyclic N) is 1. The van der Waals surface area contributed by atoms with Crippen LogP contribution in [0, 0.1) is 5.92 Å². The van der Waals surface area contributed by atoms with Gasteiger partial charge in [0.05, 0.1) is 5.60 Å². The van der Waals surface area contributed by atoms with E-state index in [9.17, 15) is 5.11 Å². The molecule has 1 aliphatic carbocycles. The average molecular weight is 211 g/mol. The Kier molecular flexibility index (Phi) is 3.36. The zero-order chi connectivity index (χ0) is 10.9. The van der Waals surface area contributed by atoms with Crippen LogP contribution in [0.3, 0.4) is 0 Å². The van der Waals surface area contributed by atoms with E-state index in [0.29, 0.717) is 5.92 Å². The minimum absolute atomic E-state index is 0.362. The summed E-state index contributed by atoms with van der Waals surface area (Å²) in [6.07, 6.45) is 7.16. The normalized spacial score (nSPS) is 32.8. The Balaban J connectivity index is 1.84. The highest BCUT2D eigenvalue weighted by atomic mass is 16.3. The summed E-state index contributed by atoms with van der Waals surface area (Å²) in [5, 5.41) is 10.5. The van der Waals surface area contributed by atoms with Gasteiger partial charge < -0.3 is 5.11 Å². The molecular weight excluding hydrogens is 186 g/mol. The van der Waals surface area contributed by atoms with E-state index in [4.69, 9.17) is 0 Å². The standard InChI is InChI=1S/C13H25NO/c1-3-11(4-2)9-13(15)7-8-14(10-13)12-5-6-12/h11-12,15H,3-10H2,1-2H3. The fraction of sp³-hybridized carbons (Fsp3) is 1.00. The number of hydrogen-bond donors (Lipinski definition) is 1. The van der Waals surface area contributed by atoms with Crippen molar-refractivity contribution in [3.63, 3.8) is 0 Å². The van der Waals surface area contributed by atoms with Crippen molar-refractivity contribution in [2.45, 2.75) is 64.0 Å². The van der Waals surface area contributed by atoms with Crippen molar-refractivity contribution in [2.24, 2.45) is 5.92 Å². The van der Waals surface area contributed by atoms with Crippen molar-refractivity contribution in [2.75, 3.05) is 13.1 Å². The summed E-state index contributed by atoms with van der Waals surface area (Å²) in [5.41, 5.74) is -0.362. The Labute approximate surface area is 93.7 Å². The second-order valence-corrected chi connectivity index (χ2v) is 5.56. The number of hydrogen-bond acceptors (Lipinski definition) is 2. The van der Waals surface area contributed by atoms with Gasteiger partial charge in [0.15, 0.2) is 0 Å². The molecule has 0 amide bonds. The van der Waals surface area contributed by atoms with Gasteiger partial charge in [-0.3, -0.25) is 4.90 Å². The largest absolute Gasteiger partial charge is 0.388 e. The maximum atomic E-state index is 10.5. The number of rotatable bonds is 5. The molecule has 1 unspecified atom stereocenters. The number of nitrogens with zero attached hydrogens (tertiary/aromatic N) is 1. The summed E-state index contributed by atoms with van der Waals surface area (Å²) >= 11 is 0. The Hall–Kier alpha value is -0.0800. The highest BCUT2D eigenvalue weighted by Crippen LogP contribution is 2.36. The minimum Gasteiger partial charge on any atom is -0.388 e. The van der Waals surface area contributed by atoms with Gasteiger partial charge in [-0.15, -0.1) is 0 Å². The molecule has 0 aromatic carbocycles. The molecule has 1 aliphatic heterocycles. The first-order valence-corrected chi connectivity index (χ1v) is 6.63. The van der Waals surface area contributed by atoms with Gasteiger partial charge in [-0.05, 0) is 31.6 Å². The number of likely N-dealkylation sites (tertiary alicyclic amines) is 1. The molecular formula is C13H25NO. The lowest BCUT2D eigenvalue weighted by molar-refractivity contribution is 0.0224. The molecule has 1 saturated carbocycles. The minimum atomic E-state index is -0.362. The molecule has 2 fully saturated rings. The molecule has 15 heavy (non-hydrogen) atoms. The Morgan fingerprint density at radius 3 is 2.53 bits per heavy atom. The van der Waals surface area contributed by atoms with Crippen LogP contribution in [0.2, 0.25) is 0 Å². The lowest BCUT2D eigenvalue weighted by Gasteiger charge is -2.27. The van der Waals surface area contributed by atoms with Crippen LogP contribution < -0.4 is 0 Å². The van der Waals surface area contributed by atoms with Gasteiger partial charge >= 0.3 is 0 Å². The SMILES string of the molecule is CCC(CC)CC1(O)CCN(C2CC2)C1. The van der Waals surface area contributed by atoms with E-state index in [-0.39, 0.29) is 5.60 Å². The molecule has 0 bridgehead atoms. The summed E-state index contributed by atoms with van der Waals surface area (Å²) in [4.78, 5) is 2.50. The molecule has 1 saturated heterocycles. The fourth-order valence-corrected chi connectivity index (χ4v) is 2.92. The van der Waals surface area contributed by atoms with Crippen LogP contribution in [-0.4, -0.2) is 34.7 Å². The van der Waals surface area contributed by atoms with E-state index < -0.39 is 0 Å². The first-order valence-electron chi connectivity index (χ1n) is 6.63. The van der Waals surface area contributed by atoms with E-state index >= 15 is 0 Å². The fourth-order valence-electron chi connectivity index (χ4n) is 2.92. The number of aliphatic hydroxyl groups is 1. The zero-order valence-electron chi connectivity index (χ0n) is 10.2. The predicted octanol–water partition coefficient (Wildman–Crippen LogP) is 2.41. The van der Waals surface area contributed by atoms with Crippen LogP contribution in [0.5, 0.6) is 0 Å². The summed E-state index contributed by atoms with van der Waals surface area (Å²) in [7, 11) is 0. The third-order valence-electron chi connectivity index (χ3n) is 4.25. The smallest absolute Gasteiger partial charge is 0.0789 e. The monoisotopic (exact) mass is 211 g/mol. The molecule has 88 valence electrons. The van der Waals surface area contributed by atoms with E-state index in [0.717, 1.165) is 32.0 Å². The van der Waals surface area contributed by atoms with Crippen molar-refractivity contribution in [1.29, 1.82) is 0 Å². The lowest BCUT2D eigenvalue weighted by atomic mass is 9.87. The van der Waals surface area contributed by atoms with Crippen molar-refractivity contribution in [3.05, 3.63) is 0 Å². The molecule has 2 heteroatoms. The van der Waals surface area contributed by atoms with Gasteiger partial charge in [-0.25, -0.2) is 0 Å². The molecule has 2 nitrogen and oxygen atoms in total. The third-order valence-corrected chi connectivity index (χ3v) is 4.25. The highest BCUT2D eigenvalue weighted by Gasteiger charge is 2.42. The van der Waals surface area contributed by atoms with Crippen LogP contribution in [0.4, 0.5) is 0 Å². The molecule has 0 aromatic heterocycles. The van der Waals surface area contributed by atoms with Crippen molar-refractivity contribution in [3.8, 4) is 0 Å². The van der Waals surface area contributed by atoms with Crippen molar-refractivity contribution >= 4 is 0 Å². The first-order chi connectivity index (χ1) is 7.17. The lowest BCUT2D eigenvalue weighted by Crippen LogP contribution is -2.35. The van der Waals surface area contributed by atoms with Crippen LogP contribution in [0.1, 0.15) is 52.4 Å². The van der Waals surface area contributed by atoms with Crippen molar-refractivity contribution in [1.82, 2.24) is 4.90 Å². The van der Waals surface area contributed by atoms with Gasteiger partial charge in [0.2, 0.25) is 0 Å². The summed E-state index contributed by atoms with van der Waals surface area (Å²) in [5.74, 6) is 0.717. The molecule has 1 atom stereocenters. The molecule has 2 aliphatic rings. The second-order valence-electron chi connectivity index (χ2n) is 5.56. The van der Waals surface area contributed by atoms with Gasteiger partial charge in [0.1, 0.15) is 0 Å². The Morgan fingerprint density at radius 1 is 1.33 bits per heavy atom. The maximum absolute atomic E-state index is 10.5. The van der Waals surface area contributed by atoms with Gasteiger partial charge in [-0.2, -0.15) is 0 Å². The van der Waals surface area contributed by atoms with E-state index in [1.54, 1.807) is 0 Å². The zero-order valence-corrected chi connectivity index (χ0v) is 10.2. The first kappa shape index (κ1) is 11.4. The van der Waals surface area contributed by atoms with Crippen LogP contribution in [0.15, 0.2) is 0 Å². The molecule has 0 radical (unpaired) electrons. The van der Waals surface area contributed by atoms with Crippen LogP contribution >= 0.6 is 0 Å². The Bertz CT molecular complexity index is 211. The summed E-state index contributed by atoms with van der Waals surface area (Å²) < 4.78 is 0. The van der Waals surface area contributed by atoms with Crippen LogP contribution in [-0.2, 0) is 0 Å². The van der Waals surface area contributed by atoms with Gasteiger partial charge in [0.25, 0.3) is 0 Å². The third kappa shape index (κ3) is 2.73. The molecule has 1 N–H and O–H groups in total. The highest BCUT2D eigenvalue weighted by molar-refractivity contribution is 4.97. The molecule has 0 aromatic rings. The maximum Gasteiger partial charge on any atom is 0.0789 e. The molecule has 0 spiro atoms. The van der Waals surface area contributed by atoms with Gasteiger partial charge in [-0.1, -0.05) is 26.7 Å². The van der Waals surface area contributed by atoms with E-state index in [1.165, 1.54) is 25.7 Å². The quantitative estimate of drug-likeness (QED) is 0.755. The molecule has 2 rings (SSSR count). The summed E-state index contributed by atoms with van der Waals surface area (Å²) in [6, 6.07) is 0.820. The molecule has 1 heterocycles.